The Labute approximate surface area is 165 Å². The average Bonchev–Trinajstić information content (AvgIpc) is 2.74. The van der Waals surface area contributed by atoms with Crippen molar-refractivity contribution in [2.45, 2.75) is 45.1 Å². The summed E-state index contributed by atoms with van der Waals surface area (Å²) in [7, 11) is 0. The topological polar surface area (TPSA) is 70.8 Å². The first-order chi connectivity index (χ1) is 13.4. The van der Waals surface area contributed by atoms with Crippen LogP contribution in [-0.2, 0) is 25.6 Å². The van der Waals surface area contributed by atoms with Gasteiger partial charge in [-0.1, -0.05) is 48.0 Å². The Bertz CT molecular complexity index is 687. The Morgan fingerprint density at radius 1 is 1.11 bits per heavy atom. The maximum absolute atomic E-state index is 12.1. The molecule has 6 heteroatoms. The van der Waals surface area contributed by atoms with Crippen LogP contribution in [0.3, 0.4) is 0 Å². The largest absolute Gasteiger partial charge is 0.461 e. The number of ether oxygens (including phenoxy) is 3. The predicted octanol–water partition coefficient (Wildman–Crippen LogP) is 3.39. The molecule has 2 aromatic rings. The Morgan fingerprint density at radius 2 is 1.79 bits per heavy atom. The van der Waals surface area contributed by atoms with Gasteiger partial charge in [-0.05, 0) is 31.5 Å². The van der Waals surface area contributed by atoms with Crippen LogP contribution in [0.25, 0.3) is 0 Å². The fourth-order valence-corrected chi connectivity index (χ4v) is 2.60. The van der Waals surface area contributed by atoms with Crippen molar-refractivity contribution in [3.63, 3.8) is 0 Å². The van der Waals surface area contributed by atoms with Crippen molar-refractivity contribution in [3.05, 3.63) is 71.5 Å². The molecule has 0 amide bonds. The molecule has 1 heterocycles. The highest BCUT2D eigenvalue weighted by molar-refractivity contribution is 5.75. The minimum absolute atomic E-state index is 0.108. The van der Waals surface area contributed by atoms with Gasteiger partial charge in [-0.2, -0.15) is 0 Å². The third-order valence-corrected chi connectivity index (χ3v) is 4.16. The van der Waals surface area contributed by atoms with Gasteiger partial charge in [-0.15, -0.1) is 0 Å². The van der Waals surface area contributed by atoms with Gasteiger partial charge in [-0.25, -0.2) is 4.39 Å². The molecule has 3 atom stereocenters. The number of carbonyl (C=O) groups excluding carboxylic acids is 1. The zero-order chi connectivity index (χ0) is 20.4. The summed E-state index contributed by atoms with van der Waals surface area (Å²) >= 11 is 0. The summed E-state index contributed by atoms with van der Waals surface area (Å²) in [6.45, 7) is 4.87. The van der Waals surface area contributed by atoms with Crippen LogP contribution in [0, 0.1) is 12.7 Å². The van der Waals surface area contributed by atoms with E-state index in [0.29, 0.717) is 19.6 Å². The maximum atomic E-state index is 12.1. The Hall–Kier alpha value is -2.28. The van der Waals surface area contributed by atoms with Crippen LogP contribution in [0.4, 0.5) is 4.39 Å². The van der Waals surface area contributed by atoms with Crippen LogP contribution in [0.1, 0.15) is 24.5 Å². The van der Waals surface area contributed by atoms with Crippen molar-refractivity contribution in [1.82, 2.24) is 0 Å². The van der Waals surface area contributed by atoms with E-state index in [2.05, 4.69) is 0 Å². The first-order valence-corrected chi connectivity index (χ1v) is 9.35. The van der Waals surface area contributed by atoms with Gasteiger partial charge in [0.2, 0.25) is 0 Å². The van der Waals surface area contributed by atoms with Crippen molar-refractivity contribution in [2.75, 3.05) is 13.2 Å². The third kappa shape index (κ3) is 8.17. The van der Waals surface area contributed by atoms with Gasteiger partial charge in [-0.3, -0.25) is 4.79 Å². The molecule has 0 bridgehead atoms. The summed E-state index contributed by atoms with van der Waals surface area (Å²) in [5, 5.41) is 0. The highest BCUT2D eigenvalue weighted by atomic mass is 19.1. The van der Waals surface area contributed by atoms with E-state index in [1.165, 1.54) is 12.1 Å². The van der Waals surface area contributed by atoms with Crippen LogP contribution >= 0.6 is 0 Å². The molecule has 28 heavy (non-hydrogen) atoms. The lowest BCUT2D eigenvalue weighted by Gasteiger charge is -2.20. The van der Waals surface area contributed by atoms with Crippen molar-refractivity contribution in [2.24, 2.45) is 5.73 Å². The average molecular weight is 389 g/mol. The number of esters is 1. The monoisotopic (exact) mass is 389 g/mol. The van der Waals surface area contributed by atoms with E-state index in [-0.39, 0.29) is 24.6 Å². The molecule has 3 rings (SSSR count). The second-order valence-electron chi connectivity index (χ2n) is 6.84. The smallest absolute Gasteiger partial charge is 0.325 e. The Kier molecular flexibility index (Phi) is 9.07. The van der Waals surface area contributed by atoms with E-state index >= 15 is 0 Å². The third-order valence-electron chi connectivity index (χ3n) is 4.16. The molecule has 0 aliphatic carbocycles. The number of benzene rings is 2. The number of rotatable bonds is 3. The number of nitrogens with two attached hydrogens (primary N) is 1. The number of aryl methyl sites for hydroxylation is 1. The van der Waals surface area contributed by atoms with Gasteiger partial charge in [0.05, 0.1) is 25.9 Å². The van der Waals surface area contributed by atoms with Gasteiger partial charge >= 0.3 is 5.97 Å². The fourth-order valence-electron chi connectivity index (χ4n) is 2.60. The molecule has 1 fully saturated rings. The molecule has 0 radical (unpaired) electrons. The van der Waals surface area contributed by atoms with Gasteiger partial charge in [0.15, 0.2) is 0 Å². The number of carbonyl (C=O) groups is 1. The van der Waals surface area contributed by atoms with E-state index < -0.39 is 12.0 Å². The van der Waals surface area contributed by atoms with Gasteiger partial charge in [0.25, 0.3) is 0 Å². The zero-order valence-corrected chi connectivity index (χ0v) is 16.3. The van der Waals surface area contributed by atoms with Gasteiger partial charge in [0.1, 0.15) is 18.0 Å². The SMILES string of the molecule is CC1CC(OCc2ccccc2)COC[C@H](N)C(=O)O1.Cc1ccc(F)cc1. The summed E-state index contributed by atoms with van der Waals surface area (Å²) in [5.74, 6) is -0.586. The number of cyclic esters (lactones) is 1. The lowest BCUT2D eigenvalue weighted by Crippen LogP contribution is -2.37. The lowest BCUT2D eigenvalue weighted by atomic mass is 10.2. The summed E-state index contributed by atoms with van der Waals surface area (Å²) in [6, 6.07) is 15.6. The Balaban J connectivity index is 0.000000292. The second-order valence-corrected chi connectivity index (χ2v) is 6.84. The van der Waals surface area contributed by atoms with E-state index in [4.69, 9.17) is 19.9 Å². The standard InChI is InChI=1S/C15H21NO4.C7H7F/c1-11-7-13(9-18-10-14(16)15(17)20-11)19-8-12-5-3-2-4-6-12;1-6-2-4-7(8)5-3-6/h2-6,11,13-14H,7-10,16H2,1H3;2-5H,1H3/t11?,13?,14-;/m0./s1. The molecular weight excluding hydrogens is 361 g/mol. The maximum Gasteiger partial charge on any atom is 0.325 e. The minimum Gasteiger partial charge on any atom is -0.461 e. The van der Waals surface area contributed by atoms with Crippen LogP contribution in [-0.4, -0.2) is 37.4 Å². The number of hydrogen-bond donors (Lipinski definition) is 1. The quantitative estimate of drug-likeness (QED) is 0.815. The lowest BCUT2D eigenvalue weighted by molar-refractivity contribution is -0.151. The van der Waals surface area contributed by atoms with Crippen molar-refractivity contribution < 1.29 is 23.4 Å². The Morgan fingerprint density at radius 3 is 2.43 bits per heavy atom. The molecule has 0 aromatic heterocycles. The predicted molar refractivity (Wildman–Crippen MR) is 105 cm³/mol. The van der Waals surface area contributed by atoms with Crippen molar-refractivity contribution in [1.29, 1.82) is 0 Å². The minimum atomic E-state index is -0.717. The van der Waals surface area contributed by atoms with Crippen LogP contribution in [0.2, 0.25) is 0 Å². The first-order valence-electron chi connectivity index (χ1n) is 9.35. The van der Waals surface area contributed by atoms with Crippen LogP contribution in [0.15, 0.2) is 54.6 Å². The highest BCUT2D eigenvalue weighted by Crippen LogP contribution is 2.13. The molecule has 0 saturated carbocycles. The summed E-state index contributed by atoms with van der Waals surface area (Å²) in [5.41, 5.74) is 7.84. The number of hydrogen-bond acceptors (Lipinski definition) is 5. The van der Waals surface area contributed by atoms with Gasteiger partial charge < -0.3 is 19.9 Å². The first kappa shape index (κ1) is 22.0. The molecule has 1 aliphatic heterocycles. The second kappa shape index (κ2) is 11.5. The molecule has 1 saturated heterocycles. The van der Waals surface area contributed by atoms with Gasteiger partial charge in [0, 0.05) is 6.42 Å². The summed E-state index contributed by atoms with van der Waals surface area (Å²) in [4.78, 5) is 11.5. The molecule has 2 unspecified atom stereocenters. The highest BCUT2D eigenvalue weighted by Gasteiger charge is 2.24. The molecule has 1 aliphatic rings. The molecule has 2 N–H and O–H groups in total. The van der Waals surface area contributed by atoms with Crippen molar-refractivity contribution >= 4 is 5.97 Å². The molecule has 2 aromatic carbocycles. The molecular formula is C22H28FNO4. The van der Waals surface area contributed by atoms with E-state index in [1.54, 1.807) is 12.1 Å². The summed E-state index contributed by atoms with van der Waals surface area (Å²) in [6.07, 6.45) is 0.269. The van der Waals surface area contributed by atoms with E-state index in [0.717, 1.165) is 11.1 Å². The normalized spacial score (nSPS) is 22.7. The molecule has 5 nitrogen and oxygen atoms in total. The van der Waals surface area contributed by atoms with E-state index in [1.807, 2.05) is 44.2 Å². The van der Waals surface area contributed by atoms with Crippen LogP contribution < -0.4 is 5.73 Å². The number of halogens is 1. The summed E-state index contributed by atoms with van der Waals surface area (Å²) < 4.78 is 28.6. The molecule has 0 spiro atoms. The van der Waals surface area contributed by atoms with Crippen molar-refractivity contribution in [3.8, 4) is 0 Å². The molecule has 152 valence electrons. The zero-order valence-electron chi connectivity index (χ0n) is 16.3. The van der Waals surface area contributed by atoms with E-state index in [9.17, 15) is 9.18 Å². The van der Waals surface area contributed by atoms with Crippen LogP contribution in [0.5, 0.6) is 0 Å². The fraction of sp³-hybridized carbons (Fsp3) is 0.409.